The number of piperidine rings is 1. The number of nitrogens with one attached hydrogen (secondary N) is 2. The first-order valence-electron chi connectivity index (χ1n) is 9.63. The highest BCUT2D eigenvalue weighted by Crippen LogP contribution is 2.22. The van der Waals surface area contributed by atoms with Crippen LogP contribution in [0.15, 0.2) is 29.3 Å². The summed E-state index contributed by atoms with van der Waals surface area (Å²) in [6.45, 7) is 4.82. The number of aliphatic hydroxyl groups is 1. The summed E-state index contributed by atoms with van der Waals surface area (Å²) in [6.07, 6.45) is 1.85. The van der Waals surface area contributed by atoms with Gasteiger partial charge in [-0.3, -0.25) is 9.79 Å². The highest BCUT2D eigenvalue weighted by Gasteiger charge is 2.23. The number of carbonyl (C=O) groups excluding carboxylic acids is 1. The number of benzene rings is 1. The molecular weight excluding hydrogens is 344 g/mol. The minimum atomic E-state index is -0.681. The lowest BCUT2D eigenvalue weighted by molar-refractivity contribution is -0.121. The number of likely N-dealkylation sites (tertiary alicyclic amines) is 1. The van der Waals surface area contributed by atoms with E-state index in [1.54, 1.807) is 14.2 Å². The highest BCUT2D eigenvalue weighted by atomic mass is 16.5. The van der Waals surface area contributed by atoms with Gasteiger partial charge in [-0.25, -0.2) is 0 Å². The van der Waals surface area contributed by atoms with Crippen LogP contribution in [0.1, 0.15) is 37.9 Å². The molecule has 0 aromatic heterocycles. The summed E-state index contributed by atoms with van der Waals surface area (Å²) in [5.74, 6) is 2.07. The zero-order chi connectivity index (χ0) is 19.6. The summed E-state index contributed by atoms with van der Waals surface area (Å²) in [5.41, 5.74) is 0.790. The molecular formula is C20H32N4O3. The number of hydrogen-bond donors (Lipinski definition) is 3. The summed E-state index contributed by atoms with van der Waals surface area (Å²) in [5, 5.41) is 16.5. The van der Waals surface area contributed by atoms with E-state index in [4.69, 9.17) is 4.74 Å². The first-order chi connectivity index (χ1) is 13.1. The Morgan fingerprint density at radius 2 is 2.15 bits per heavy atom. The lowest BCUT2D eigenvalue weighted by atomic mass is 9.93. The molecule has 150 valence electrons. The smallest absolute Gasteiger partial charge is 0.220 e. The third-order valence-electron chi connectivity index (χ3n) is 4.89. The molecule has 1 fully saturated rings. The number of aliphatic hydroxyl groups excluding tert-OH is 1. The predicted molar refractivity (Wildman–Crippen MR) is 107 cm³/mol. The second kappa shape index (κ2) is 10.8. The van der Waals surface area contributed by atoms with E-state index < -0.39 is 6.10 Å². The average molecular weight is 377 g/mol. The van der Waals surface area contributed by atoms with Crippen LogP contribution in [0.2, 0.25) is 0 Å². The van der Waals surface area contributed by atoms with Crippen LogP contribution >= 0.6 is 0 Å². The van der Waals surface area contributed by atoms with E-state index in [0.29, 0.717) is 12.3 Å². The number of hydrogen-bond acceptors (Lipinski definition) is 4. The summed E-state index contributed by atoms with van der Waals surface area (Å²) >= 11 is 0. The van der Waals surface area contributed by atoms with Crippen molar-refractivity contribution in [3.05, 3.63) is 29.8 Å². The van der Waals surface area contributed by atoms with Crippen LogP contribution in [0.3, 0.4) is 0 Å². The van der Waals surface area contributed by atoms with Gasteiger partial charge in [-0.1, -0.05) is 12.1 Å². The number of methoxy groups -OCH3 is 1. The molecule has 1 heterocycles. The molecule has 1 amide bonds. The molecule has 1 aliphatic rings. The molecule has 0 bridgehead atoms. The van der Waals surface area contributed by atoms with E-state index in [1.807, 2.05) is 31.2 Å². The van der Waals surface area contributed by atoms with Crippen LogP contribution in [0.25, 0.3) is 0 Å². The fraction of sp³-hybridized carbons (Fsp3) is 0.600. The van der Waals surface area contributed by atoms with Crippen molar-refractivity contribution in [3.8, 4) is 5.75 Å². The monoisotopic (exact) mass is 376 g/mol. The van der Waals surface area contributed by atoms with E-state index in [1.165, 1.54) is 0 Å². The summed E-state index contributed by atoms with van der Waals surface area (Å²) in [4.78, 5) is 18.4. The molecule has 1 saturated heterocycles. The van der Waals surface area contributed by atoms with Crippen LogP contribution in [-0.4, -0.2) is 62.2 Å². The van der Waals surface area contributed by atoms with Crippen molar-refractivity contribution in [1.29, 1.82) is 0 Å². The van der Waals surface area contributed by atoms with Gasteiger partial charge in [-0.15, -0.1) is 0 Å². The molecule has 2 rings (SSSR count). The molecule has 0 radical (unpaired) electrons. The maximum Gasteiger partial charge on any atom is 0.220 e. The van der Waals surface area contributed by atoms with Crippen molar-refractivity contribution in [3.63, 3.8) is 0 Å². The fourth-order valence-corrected chi connectivity index (χ4v) is 3.27. The SMILES string of the molecule is CCNC(=NCC(O)c1cccc(OC)c1)N1CCC(CC(=O)NC)CC1. The first kappa shape index (κ1) is 21.0. The zero-order valence-electron chi connectivity index (χ0n) is 16.6. The van der Waals surface area contributed by atoms with Gasteiger partial charge >= 0.3 is 0 Å². The Morgan fingerprint density at radius 1 is 1.41 bits per heavy atom. The Labute approximate surface area is 161 Å². The zero-order valence-corrected chi connectivity index (χ0v) is 16.6. The molecule has 7 nitrogen and oxygen atoms in total. The molecule has 1 unspecified atom stereocenters. The number of ether oxygens (including phenoxy) is 1. The largest absolute Gasteiger partial charge is 0.497 e. The molecule has 1 atom stereocenters. The topological polar surface area (TPSA) is 86.2 Å². The highest BCUT2D eigenvalue weighted by molar-refractivity contribution is 5.80. The van der Waals surface area contributed by atoms with Crippen molar-refractivity contribution in [2.75, 3.05) is 40.3 Å². The Morgan fingerprint density at radius 3 is 2.78 bits per heavy atom. The van der Waals surface area contributed by atoms with E-state index in [-0.39, 0.29) is 12.5 Å². The van der Waals surface area contributed by atoms with Gasteiger partial charge in [0.2, 0.25) is 5.91 Å². The lowest BCUT2D eigenvalue weighted by Gasteiger charge is -2.34. The maximum absolute atomic E-state index is 11.6. The number of amides is 1. The molecule has 3 N–H and O–H groups in total. The summed E-state index contributed by atoms with van der Waals surface area (Å²) < 4.78 is 5.21. The van der Waals surface area contributed by atoms with Gasteiger partial charge in [0, 0.05) is 33.1 Å². The molecule has 27 heavy (non-hydrogen) atoms. The maximum atomic E-state index is 11.6. The van der Waals surface area contributed by atoms with Crippen LogP contribution in [0, 0.1) is 5.92 Å². The van der Waals surface area contributed by atoms with Gasteiger partial charge in [0.05, 0.1) is 19.8 Å². The minimum Gasteiger partial charge on any atom is -0.497 e. The number of guanidine groups is 1. The summed E-state index contributed by atoms with van der Waals surface area (Å²) in [6, 6.07) is 7.42. The number of aliphatic imine (C=N–C) groups is 1. The molecule has 7 heteroatoms. The Balaban J connectivity index is 1.95. The van der Waals surface area contributed by atoms with Crippen LogP contribution < -0.4 is 15.4 Å². The van der Waals surface area contributed by atoms with Gasteiger partial charge in [-0.2, -0.15) is 0 Å². The third-order valence-corrected chi connectivity index (χ3v) is 4.89. The predicted octanol–water partition coefficient (Wildman–Crippen LogP) is 1.54. The van der Waals surface area contributed by atoms with Gasteiger partial charge in [0.25, 0.3) is 0 Å². The molecule has 1 aliphatic heterocycles. The molecule has 0 saturated carbocycles. The average Bonchev–Trinajstić information content (AvgIpc) is 2.71. The van der Waals surface area contributed by atoms with Gasteiger partial charge in [0.15, 0.2) is 5.96 Å². The normalized spacial score (nSPS) is 16.7. The molecule has 1 aromatic carbocycles. The van der Waals surface area contributed by atoms with Gasteiger partial charge in [0.1, 0.15) is 5.75 Å². The van der Waals surface area contributed by atoms with Crippen molar-refractivity contribution in [2.45, 2.75) is 32.3 Å². The van der Waals surface area contributed by atoms with Crippen molar-refractivity contribution in [2.24, 2.45) is 10.9 Å². The molecule has 1 aromatic rings. The quantitative estimate of drug-likeness (QED) is 0.496. The minimum absolute atomic E-state index is 0.107. The fourth-order valence-electron chi connectivity index (χ4n) is 3.27. The van der Waals surface area contributed by atoms with Gasteiger partial charge in [-0.05, 0) is 43.4 Å². The Kier molecular flexibility index (Phi) is 8.39. The van der Waals surface area contributed by atoms with Crippen molar-refractivity contribution >= 4 is 11.9 Å². The first-order valence-corrected chi connectivity index (χ1v) is 9.63. The van der Waals surface area contributed by atoms with E-state index in [2.05, 4.69) is 20.5 Å². The van der Waals surface area contributed by atoms with Crippen molar-refractivity contribution in [1.82, 2.24) is 15.5 Å². The van der Waals surface area contributed by atoms with Crippen LogP contribution in [0.4, 0.5) is 0 Å². The summed E-state index contributed by atoms with van der Waals surface area (Å²) in [7, 11) is 3.29. The lowest BCUT2D eigenvalue weighted by Crippen LogP contribution is -2.46. The number of carbonyl (C=O) groups is 1. The Bertz CT molecular complexity index is 627. The van der Waals surface area contributed by atoms with Crippen molar-refractivity contribution < 1.29 is 14.6 Å². The third kappa shape index (κ3) is 6.43. The van der Waals surface area contributed by atoms with Gasteiger partial charge < -0.3 is 25.4 Å². The van der Waals surface area contributed by atoms with E-state index in [9.17, 15) is 9.90 Å². The molecule has 0 spiro atoms. The van der Waals surface area contributed by atoms with Crippen LogP contribution in [-0.2, 0) is 4.79 Å². The molecule has 0 aliphatic carbocycles. The van der Waals surface area contributed by atoms with E-state index in [0.717, 1.165) is 49.7 Å². The second-order valence-electron chi connectivity index (χ2n) is 6.79. The van der Waals surface area contributed by atoms with Crippen LogP contribution in [0.5, 0.6) is 5.75 Å². The number of nitrogens with zero attached hydrogens (tertiary/aromatic N) is 2. The number of rotatable bonds is 7. The Hall–Kier alpha value is -2.28. The standard InChI is InChI=1S/C20H32N4O3/c1-4-22-20(24-10-8-15(9-11-24)12-19(26)21-2)23-14-18(25)16-6-5-7-17(13-16)27-3/h5-7,13,15,18,25H,4,8-12,14H2,1-3H3,(H,21,26)(H,22,23). The van der Waals surface area contributed by atoms with E-state index >= 15 is 0 Å². The second-order valence-corrected chi connectivity index (χ2v) is 6.79.